The first-order valence-electron chi connectivity index (χ1n) is 4.40. The molecule has 2 nitrogen and oxygen atoms in total. The molecular formula is C10H12ClF2NO. The highest BCUT2D eigenvalue weighted by molar-refractivity contribution is 6.18. The Balaban J connectivity index is 3.04. The molecule has 15 heavy (non-hydrogen) atoms. The maximum absolute atomic E-state index is 13.5. The predicted molar refractivity (Wildman–Crippen MR) is 56.9 cm³/mol. The van der Waals surface area contributed by atoms with Gasteiger partial charge in [0.05, 0.1) is 12.8 Å². The maximum Gasteiger partial charge on any atom is 0.167 e. The summed E-state index contributed by atoms with van der Waals surface area (Å²) in [7, 11) is 2.94. The normalized spacial score (nSPS) is 10.2. The monoisotopic (exact) mass is 235 g/mol. The van der Waals surface area contributed by atoms with E-state index >= 15 is 0 Å². The average Bonchev–Trinajstić information content (AvgIpc) is 2.21. The van der Waals surface area contributed by atoms with Crippen LogP contribution in [-0.4, -0.2) is 26.6 Å². The summed E-state index contributed by atoms with van der Waals surface area (Å²) in [5.41, 5.74) is 0.175. The van der Waals surface area contributed by atoms with Crippen LogP contribution in [0.15, 0.2) is 12.1 Å². The molecule has 84 valence electrons. The quantitative estimate of drug-likeness (QED) is 0.744. The van der Waals surface area contributed by atoms with Crippen molar-refractivity contribution in [3.63, 3.8) is 0 Å². The van der Waals surface area contributed by atoms with E-state index in [9.17, 15) is 8.78 Å². The molecule has 0 atom stereocenters. The number of methoxy groups -OCH3 is 1. The molecule has 1 rings (SSSR count). The number of hydrogen-bond acceptors (Lipinski definition) is 2. The zero-order valence-corrected chi connectivity index (χ0v) is 9.31. The van der Waals surface area contributed by atoms with Crippen LogP contribution in [-0.2, 0) is 0 Å². The van der Waals surface area contributed by atoms with E-state index in [1.807, 2.05) is 0 Å². The van der Waals surface area contributed by atoms with Gasteiger partial charge in [0.15, 0.2) is 11.6 Å². The van der Waals surface area contributed by atoms with Crippen molar-refractivity contribution >= 4 is 17.3 Å². The van der Waals surface area contributed by atoms with Crippen molar-refractivity contribution in [1.29, 1.82) is 0 Å². The fraction of sp³-hybridized carbons (Fsp3) is 0.400. The fourth-order valence-corrected chi connectivity index (χ4v) is 1.47. The minimum Gasteiger partial charge on any atom is -0.494 e. The molecule has 0 heterocycles. The molecule has 0 spiro atoms. The van der Waals surface area contributed by atoms with Crippen LogP contribution in [0.3, 0.4) is 0 Å². The van der Waals surface area contributed by atoms with Gasteiger partial charge >= 0.3 is 0 Å². The lowest BCUT2D eigenvalue weighted by Gasteiger charge is -2.19. The van der Waals surface area contributed by atoms with Gasteiger partial charge in [-0.15, -0.1) is 11.6 Å². The zero-order chi connectivity index (χ0) is 11.4. The summed E-state index contributed by atoms with van der Waals surface area (Å²) in [5, 5.41) is 0. The van der Waals surface area contributed by atoms with Crippen LogP contribution in [0.2, 0.25) is 0 Å². The summed E-state index contributed by atoms with van der Waals surface area (Å²) in [4.78, 5) is 1.55. The van der Waals surface area contributed by atoms with Gasteiger partial charge in [-0.25, -0.2) is 8.78 Å². The minimum absolute atomic E-state index is 0.101. The third-order valence-electron chi connectivity index (χ3n) is 2.05. The largest absolute Gasteiger partial charge is 0.494 e. The lowest BCUT2D eigenvalue weighted by atomic mass is 10.2. The lowest BCUT2D eigenvalue weighted by Crippen LogP contribution is -2.21. The fourth-order valence-electron chi connectivity index (χ4n) is 1.21. The van der Waals surface area contributed by atoms with E-state index in [-0.39, 0.29) is 11.4 Å². The number of halogens is 3. The third-order valence-corrected chi connectivity index (χ3v) is 2.22. The Labute approximate surface area is 92.4 Å². The summed E-state index contributed by atoms with van der Waals surface area (Å²) in [5.74, 6) is -0.865. The number of alkyl halides is 1. The Morgan fingerprint density at radius 3 is 2.53 bits per heavy atom. The number of rotatable bonds is 4. The highest BCUT2D eigenvalue weighted by atomic mass is 35.5. The summed E-state index contributed by atoms with van der Waals surface area (Å²) in [6.07, 6.45) is 0. The van der Waals surface area contributed by atoms with E-state index in [1.54, 1.807) is 11.9 Å². The van der Waals surface area contributed by atoms with E-state index in [4.69, 9.17) is 11.6 Å². The predicted octanol–water partition coefficient (Wildman–Crippen LogP) is 2.65. The first-order chi connectivity index (χ1) is 7.10. The van der Waals surface area contributed by atoms with Gasteiger partial charge in [-0.1, -0.05) is 0 Å². The summed E-state index contributed by atoms with van der Waals surface area (Å²) >= 11 is 5.51. The molecule has 0 saturated carbocycles. The van der Waals surface area contributed by atoms with Crippen LogP contribution < -0.4 is 9.64 Å². The molecule has 0 aliphatic heterocycles. The highest BCUT2D eigenvalue weighted by Gasteiger charge is 2.13. The number of benzene rings is 1. The average molecular weight is 236 g/mol. The van der Waals surface area contributed by atoms with Crippen LogP contribution in [0, 0.1) is 11.6 Å². The van der Waals surface area contributed by atoms with Crippen molar-refractivity contribution in [3.8, 4) is 5.75 Å². The molecule has 0 aliphatic rings. The highest BCUT2D eigenvalue weighted by Crippen LogP contribution is 2.26. The molecule has 0 unspecified atom stereocenters. The van der Waals surface area contributed by atoms with Crippen LogP contribution in [0.4, 0.5) is 14.5 Å². The van der Waals surface area contributed by atoms with Gasteiger partial charge in [-0.2, -0.15) is 0 Å². The molecule has 1 aromatic rings. The van der Waals surface area contributed by atoms with Gasteiger partial charge in [-0.3, -0.25) is 0 Å². The topological polar surface area (TPSA) is 12.5 Å². The standard InChI is InChI=1S/C10H12ClF2NO/c1-14(4-3-11)9-5-8(13)10(15-2)6-7(9)12/h5-6H,3-4H2,1-2H3. The molecule has 0 bridgehead atoms. The second kappa shape index (κ2) is 5.16. The SMILES string of the molecule is COc1cc(F)c(N(C)CCCl)cc1F. The summed E-state index contributed by atoms with van der Waals surface area (Å²) < 4.78 is 31.4. The molecule has 0 amide bonds. The Morgan fingerprint density at radius 1 is 1.33 bits per heavy atom. The number of anilines is 1. The van der Waals surface area contributed by atoms with Crippen molar-refractivity contribution < 1.29 is 13.5 Å². The van der Waals surface area contributed by atoms with E-state index in [2.05, 4.69) is 4.74 Å². The van der Waals surface area contributed by atoms with Gasteiger partial charge in [0, 0.05) is 31.6 Å². The van der Waals surface area contributed by atoms with E-state index in [0.29, 0.717) is 12.4 Å². The molecule has 0 fully saturated rings. The van der Waals surface area contributed by atoms with Crippen molar-refractivity contribution in [2.45, 2.75) is 0 Å². The first-order valence-corrected chi connectivity index (χ1v) is 4.93. The Morgan fingerprint density at radius 2 is 2.00 bits per heavy atom. The van der Waals surface area contributed by atoms with Gasteiger partial charge in [0.2, 0.25) is 0 Å². The number of nitrogens with zero attached hydrogens (tertiary/aromatic N) is 1. The van der Waals surface area contributed by atoms with Gasteiger partial charge < -0.3 is 9.64 Å². The van der Waals surface area contributed by atoms with E-state index in [0.717, 1.165) is 12.1 Å². The summed E-state index contributed by atoms with van der Waals surface area (Å²) in [6.45, 7) is 0.449. The van der Waals surface area contributed by atoms with E-state index in [1.165, 1.54) is 7.11 Å². The molecule has 0 aromatic heterocycles. The van der Waals surface area contributed by atoms with E-state index < -0.39 is 11.6 Å². The molecular weight excluding hydrogens is 224 g/mol. The zero-order valence-electron chi connectivity index (χ0n) is 8.56. The van der Waals surface area contributed by atoms with Gasteiger partial charge in [0.25, 0.3) is 0 Å². The molecule has 0 saturated heterocycles. The maximum atomic E-state index is 13.5. The number of ether oxygens (including phenoxy) is 1. The second-order valence-corrected chi connectivity index (χ2v) is 3.43. The van der Waals surface area contributed by atoms with Crippen LogP contribution in [0.25, 0.3) is 0 Å². The molecule has 5 heteroatoms. The molecule has 1 aromatic carbocycles. The minimum atomic E-state index is -0.588. The molecule has 0 radical (unpaired) electrons. The van der Waals surface area contributed by atoms with Crippen LogP contribution in [0.1, 0.15) is 0 Å². The van der Waals surface area contributed by atoms with Gasteiger partial charge in [0.1, 0.15) is 5.82 Å². The second-order valence-electron chi connectivity index (χ2n) is 3.05. The van der Waals surface area contributed by atoms with Crippen molar-refractivity contribution in [2.24, 2.45) is 0 Å². The van der Waals surface area contributed by atoms with Crippen LogP contribution in [0.5, 0.6) is 5.75 Å². The number of hydrogen-bond donors (Lipinski definition) is 0. The third kappa shape index (κ3) is 2.72. The van der Waals surface area contributed by atoms with Crippen LogP contribution >= 0.6 is 11.6 Å². The molecule has 0 N–H and O–H groups in total. The summed E-state index contributed by atoms with van der Waals surface area (Å²) in [6, 6.07) is 2.12. The Bertz CT molecular complexity index is 346. The molecule has 0 aliphatic carbocycles. The Kier molecular flexibility index (Phi) is 4.15. The smallest absolute Gasteiger partial charge is 0.167 e. The Hall–Kier alpha value is -1.03. The van der Waals surface area contributed by atoms with Crippen molar-refractivity contribution in [1.82, 2.24) is 0 Å². The van der Waals surface area contributed by atoms with Crippen molar-refractivity contribution in [3.05, 3.63) is 23.8 Å². The first kappa shape index (κ1) is 12.0. The van der Waals surface area contributed by atoms with Gasteiger partial charge in [-0.05, 0) is 0 Å². The lowest BCUT2D eigenvalue weighted by molar-refractivity contribution is 0.383. The van der Waals surface area contributed by atoms with Crippen molar-refractivity contribution in [2.75, 3.05) is 31.5 Å².